The van der Waals surface area contributed by atoms with Crippen LogP contribution in [0, 0.1) is 23.0 Å². The first-order valence-corrected chi connectivity index (χ1v) is 12.5. The van der Waals surface area contributed by atoms with Crippen LogP contribution in [-0.2, 0) is 11.3 Å². The summed E-state index contributed by atoms with van der Waals surface area (Å²) in [6, 6.07) is 13.8. The number of rotatable bonds is 9. The van der Waals surface area contributed by atoms with Gasteiger partial charge in [0.25, 0.3) is 0 Å². The van der Waals surface area contributed by atoms with Crippen molar-refractivity contribution in [3.8, 4) is 11.8 Å². The number of hydrogen-bond acceptors (Lipinski definition) is 6. The van der Waals surface area contributed by atoms with Gasteiger partial charge in [0, 0.05) is 17.9 Å². The summed E-state index contributed by atoms with van der Waals surface area (Å²) in [6.07, 6.45) is 3.66. The van der Waals surface area contributed by atoms with Crippen LogP contribution in [0.5, 0.6) is 0 Å². The highest BCUT2D eigenvalue weighted by Crippen LogP contribution is 2.25. The van der Waals surface area contributed by atoms with Crippen molar-refractivity contribution in [3.63, 3.8) is 0 Å². The quantitative estimate of drug-likeness (QED) is 0.404. The molecule has 0 N–H and O–H groups in total. The van der Waals surface area contributed by atoms with Gasteiger partial charge in [0.2, 0.25) is 5.91 Å². The minimum atomic E-state index is -0.399. The molecular weight excluding hydrogens is 470 g/mol. The molecule has 2 heterocycles. The van der Waals surface area contributed by atoms with Crippen LogP contribution >= 0.6 is 11.8 Å². The summed E-state index contributed by atoms with van der Waals surface area (Å²) in [4.78, 5) is 16.9. The molecule has 1 aliphatic rings. The van der Waals surface area contributed by atoms with E-state index in [0.717, 1.165) is 37.4 Å². The zero-order valence-electron chi connectivity index (χ0n) is 19.2. The third-order valence-corrected chi connectivity index (χ3v) is 6.72. The third-order valence-electron chi connectivity index (χ3n) is 5.81. The van der Waals surface area contributed by atoms with Gasteiger partial charge in [-0.3, -0.25) is 14.3 Å². The molecule has 0 radical (unpaired) electrons. The highest BCUT2D eigenvalue weighted by Gasteiger charge is 2.22. The Morgan fingerprint density at radius 1 is 1.00 bits per heavy atom. The van der Waals surface area contributed by atoms with E-state index >= 15 is 0 Å². The number of anilines is 1. The second-order valence-corrected chi connectivity index (χ2v) is 9.21. The van der Waals surface area contributed by atoms with Gasteiger partial charge in [-0.15, -0.1) is 10.2 Å². The third kappa shape index (κ3) is 6.44. The molecule has 2 aromatic carbocycles. The van der Waals surface area contributed by atoms with Crippen molar-refractivity contribution in [1.29, 1.82) is 5.26 Å². The Kier molecular flexibility index (Phi) is 8.45. The molecular formula is C25H26F2N6OS. The molecule has 1 fully saturated rings. The van der Waals surface area contributed by atoms with Gasteiger partial charge in [-0.05, 0) is 74.5 Å². The number of aromatic nitrogens is 3. The Morgan fingerprint density at radius 3 is 2.31 bits per heavy atom. The molecule has 10 heteroatoms. The Morgan fingerprint density at radius 2 is 1.66 bits per heavy atom. The molecule has 0 spiro atoms. The molecule has 4 rings (SSSR count). The van der Waals surface area contributed by atoms with E-state index < -0.39 is 5.82 Å². The molecule has 1 amide bonds. The molecule has 1 aromatic heterocycles. The summed E-state index contributed by atoms with van der Waals surface area (Å²) in [7, 11) is 0. The summed E-state index contributed by atoms with van der Waals surface area (Å²) >= 11 is 1.23. The minimum Gasteiger partial charge on any atom is -0.311 e. The number of nitrogens with zero attached hydrogens (tertiary/aromatic N) is 6. The van der Waals surface area contributed by atoms with Crippen LogP contribution in [0.25, 0.3) is 5.69 Å². The fraction of sp³-hybridized carbons (Fsp3) is 0.360. The largest absolute Gasteiger partial charge is 0.311 e. The number of amides is 1. The van der Waals surface area contributed by atoms with Crippen LogP contribution < -0.4 is 4.90 Å². The maximum Gasteiger partial charge on any atom is 0.237 e. The van der Waals surface area contributed by atoms with Gasteiger partial charge in [0.05, 0.1) is 24.8 Å². The lowest BCUT2D eigenvalue weighted by molar-refractivity contribution is -0.116. The van der Waals surface area contributed by atoms with Crippen molar-refractivity contribution in [2.75, 3.05) is 30.3 Å². The minimum absolute atomic E-state index is 0.0475. The van der Waals surface area contributed by atoms with E-state index in [2.05, 4.69) is 15.1 Å². The lowest BCUT2D eigenvalue weighted by Crippen LogP contribution is -2.33. The molecule has 35 heavy (non-hydrogen) atoms. The van der Waals surface area contributed by atoms with E-state index in [-0.39, 0.29) is 30.4 Å². The van der Waals surface area contributed by atoms with Gasteiger partial charge >= 0.3 is 0 Å². The van der Waals surface area contributed by atoms with Crippen LogP contribution in [0.4, 0.5) is 14.5 Å². The molecule has 0 atom stereocenters. The lowest BCUT2D eigenvalue weighted by atomic mass is 10.1. The molecule has 0 saturated carbocycles. The lowest BCUT2D eigenvalue weighted by Gasteiger charge is -2.26. The first kappa shape index (κ1) is 24.8. The van der Waals surface area contributed by atoms with E-state index in [1.165, 1.54) is 59.5 Å². The zero-order valence-corrected chi connectivity index (χ0v) is 20.1. The number of carbonyl (C=O) groups excluding carboxylic acids is 1. The summed E-state index contributed by atoms with van der Waals surface area (Å²) < 4.78 is 28.8. The maximum absolute atomic E-state index is 13.6. The summed E-state index contributed by atoms with van der Waals surface area (Å²) in [6.45, 7) is 2.79. The van der Waals surface area contributed by atoms with E-state index in [1.807, 2.05) is 10.6 Å². The first-order chi connectivity index (χ1) is 17.0. The Hall–Kier alpha value is -3.29. The molecule has 1 aliphatic heterocycles. The van der Waals surface area contributed by atoms with Gasteiger partial charge in [-0.1, -0.05) is 18.2 Å². The van der Waals surface area contributed by atoms with Crippen molar-refractivity contribution in [2.45, 2.75) is 37.4 Å². The van der Waals surface area contributed by atoms with E-state index in [0.29, 0.717) is 17.4 Å². The Balaban J connectivity index is 1.55. The van der Waals surface area contributed by atoms with Gasteiger partial charge in [0.1, 0.15) is 11.6 Å². The van der Waals surface area contributed by atoms with Gasteiger partial charge in [-0.2, -0.15) is 5.26 Å². The number of halogens is 2. The smallest absolute Gasteiger partial charge is 0.237 e. The highest BCUT2D eigenvalue weighted by atomic mass is 32.2. The second-order valence-electron chi connectivity index (χ2n) is 8.27. The van der Waals surface area contributed by atoms with Crippen LogP contribution in [0.1, 0.15) is 31.5 Å². The molecule has 7 nitrogen and oxygen atoms in total. The van der Waals surface area contributed by atoms with Gasteiger partial charge < -0.3 is 4.90 Å². The average Bonchev–Trinajstić information content (AvgIpc) is 3.27. The molecule has 1 saturated heterocycles. The summed E-state index contributed by atoms with van der Waals surface area (Å²) in [5, 5.41) is 18.3. The fourth-order valence-electron chi connectivity index (χ4n) is 4.05. The number of thioether (sulfide) groups is 1. The Bertz CT molecular complexity index is 1170. The predicted octanol–water partition coefficient (Wildman–Crippen LogP) is 4.57. The summed E-state index contributed by atoms with van der Waals surface area (Å²) in [5.74, 6) is -0.191. The first-order valence-electron chi connectivity index (χ1n) is 11.5. The molecule has 0 bridgehead atoms. The fourth-order valence-corrected chi connectivity index (χ4v) is 4.89. The monoisotopic (exact) mass is 496 g/mol. The van der Waals surface area contributed by atoms with Crippen LogP contribution in [0.3, 0.4) is 0 Å². The standard InChI is InChI=1S/C25H26F2N6OS/c26-19-5-9-21(10-6-19)32(16-4-13-28)24(34)18-35-25-30-29-23(17-31-14-2-1-3-15-31)33(25)22-11-7-20(27)8-12-22/h5-12H,1-4,14-18H2. The van der Waals surface area contributed by atoms with Gasteiger partial charge in [0.15, 0.2) is 11.0 Å². The number of benzene rings is 2. The number of carbonyl (C=O) groups is 1. The Labute approximate surface area is 207 Å². The molecule has 3 aromatic rings. The topological polar surface area (TPSA) is 78.0 Å². The molecule has 0 aliphatic carbocycles. The van der Waals surface area contributed by atoms with Crippen LogP contribution in [-0.4, -0.2) is 51.0 Å². The van der Waals surface area contributed by atoms with Gasteiger partial charge in [-0.25, -0.2) is 8.78 Å². The van der Waals surface area contributed by atoms with E-state index in [9.17, 15) is 13.6 Å². The zero-order chi connectivity index (χ0) is 24.6. The number of hydrogen-bond donors (Lipinski definition) is 0. The van der Waals surface area contributed by atoms with E-state index in [4.69, 9.17) is 5.26 Å². The van der Waals surface area contributed by atoms with Crippen molar-refractivity contribution < 1.29 is 13.6 Å². The highest BCUT2D eigenvalue weighted by molar-refractivity contribution is 7.99. The number of piperidine rings is 1. The molecule has 0 unspecified atom stereocenters. The van der Waals surface area contributed by atoms with Crippen LogP contribution in [0.2, 0.25) is 0 Å². The normalized spacial score (nSPS) is 14.0. The summed E-state index contributed by atoms with van der Waals surface area (Å²) in [5.41, 5.74) is 1.25. The van der Waals surface area contributed by atoms with Crippen molar-refractivity contribution in [1.82, 2.24) is 19.7 Å². The van der Waals surface area contributed by atoms with Crippen molar-refractivity contribution in [3.05, 3.63) is 66.0 Å². The van der Waals surface area contributed by atoms with Crippen molar-refractivity contribution >= 4 is 23.4 Å². The second kappa shape index (κ2) is 11.9. The predicted molar refractivity (Wildman–Crippen MR) is 130 cm³/mol. The van der Waals surface area contributed by atoms with Crippen LogP contribution in [0.15, 0.2) is 53.7 Å². The number of nitriles is 1. The SMILES string of the molecule is N#CCCN(C(=O)CSc1nnc(CN2CCCCC2)n1-c1ccc(F)cc1)c1ccc(F)cc1. The number of likely N-dealkylation sites (tertiary alicyclic amines) is 1. The molecule has 182 valence electrons. The van der Waals surface area contributed by atoms with Crippen molar-refractivity contribution in [2.24, 2.45) is 0 Å². The maximum atomic E-state index is 13.6. The average molecular weight is 497 g/mol. The van der Waals surface area contributed by atoms with E-state index in [1.54, 1.807) is 12.1 Å².